The summed E-state index contributed by atoms with van der Waals surface area (Å²) in [7, 11) is 3.81. The van der Waals surface area contributed by atoms with Crippen molar-refractivity contribution < 1.29 is 4.79 Å². The lowest BCUT2D eigenvalue weighted by atomic mass is 10.00. The lowest BCUT2D eigenvalue weighted by molar-refractivity contribution is 0.112. The van der Waals surface area contributed by atoms with Crippen LogP contribution in [0.3, 0.4) is 0 Å². The van der Waals surface area contributed by atoms with E-state index in [0.717, 1.165) is 34.0 Å². The second-order valence-electron chi connectivity index (χ2n) is 5.43. The number of nitrogens with zero attached hydrogens (tertiary/aromatic N) is 2. The number of anilines is 1. The average Bonchev–Trinajstić information content (AvgIpc) is 2.51. The number of fused-ring (bicyclic) bond motifs is 1. The summed E-state index contributed by atoms with van der Waals surface area (Å²) in [4.78, 5) is 17.7. The number of hydrogen-bond acceptors (Lipinski definition) is 3. The molecule has 3 aromatic rings. The molecule has 116 valence electrons. The molecule has 0 atom stereocenters. The lowest BCUT2D eigenvalue weighted by Crippen LogP contribution is -2.12. The number of aromatic nitrogens is 1. The number of para-hydroxylation sites is 1. The van der Waals surface area contributed by atoms with Gasteiger partial charge in [-0.1, -0.05) is 41.4 Å². The van der Waals surface area contributed by atoms with Gasteiger partial charge >= 0.3 is 0 Å². The van der Waals surface area contributed by atoms with Gasteiger partial charge in [0, 0.05) is 41.3 Å². The Kier molecular flexibility index (Phi) is 4.24. The predicted molar refractivity (Wildman–Crippen MR) is 96.9 cm³/mol. The van der Waals surface area contributed by atoms with Crippen molar-refractivity contribution in [1.29, 1.82) is 0 Å². The summed E-state index contributed by atoms with van der Waals surface area (Å²) in [5, 5.41) is 2.05. The van der Waals surface area contributed by atoms with Crippen LogP contribution in [-0.4, -0.2) is 25.4 Å². The van der Waals surface area contributed by atoms with Gasteiger partial charge in [-0.2, -0.15) is 0 Å². The van der Waals surface area contributed by atoms with E-state index in [4.69, 9.17) is 23.2 Å². The molecule has 5 heteroatoms. The zero-order valence-electron chi connectivity index (χ0n) is 12.7. The van der Waals surface area contributed by atoms with E-state index in [-0.39, 0.29) is 0 Å². The third kappa shape index (κ3) is 2.90. The van der Waals surface area contributed by atoms with E-state index in [1.54, 1.807) is 12.3 Å². The monoisotopic (exact) mass is 344 g/mol. The highest BCUT2D eigenvalue weighted by molar-refractivity contribution is 6.35. The summed E-state index contributed by atoms with van der Waals surface area (Å²) in [6.07, 6.45) is 2.42. The molecule has 0 aliphatic rings. The van der Waals surface area contributed by atoms with Crippen molar-refractivity contribution in [2.75, 3.05) is 19.0 Å². The van der Waals surface area contributed by atoms with Gasteiger partial charge in [0.05, 0.1) is 16.8 Å². The molecule has 0 saturated heterocycles. The Labute approximate surface area is 144 Å². The standard InChI is InChI=1S/C18H14Cl2N2O/c1-22(2)18-12(10-23)9-21-17-15(4-3-5-16(17)18)11-6-13(19)8-14(20)7-11/h3-10H,1-2H3. The summed E-state index contributed by atoms with van der Waals surface area (Å²) in [5.41, 5.74) is 4.03. The largest absolute Gasteiger partial charge is 0.376 e. The number of pyridine rings is 1. The van der Waals surface area contributed by atoms with E-state index < -0.39 is 0 Å². The van der Waals surface area contributed by atoms with Crippen molar-refractivity contribution in [3.8, 4) is 11.1 Å². The fourth-order valence-corrected chi connectivity index (χ4v) is 3.28. The van der Waals surface area contributed by atoms with Gasteiger partial charge in [0.15, 0.2) is 6.29 Å². The van der Waals surface area contributed by atoms with Crippen LogP contribution >= 0.6 is 23.2 Å². The van der Waals surface area contributed by atoms with Gasteiger partial charge in [0.2, 0.25) is 0 Å². The van der Waals surface area contributed by atoms with Gasteiger partial charge in [-0.25, -0.2) is 0 Å². The molecule has 0 unspecified atom stereocenters. The zero-order valence-corrected chi connectivity index (χ0v) is 14.2. The zero-order chi connectivity index (χ0) is 16.6. The molecule has 2 aromatic carbocycles. The molecular formula is C18H14Cl2N2O. The van der Waals surface area contributed by atoms with E-state index in [0.29, 0.717) is 15.6 Å². The quantitative estimate of drug-likeness (QED) is 0.620. The number of halogens is 2. The minimum atomic E-state index is 0.559. The Hall–Kier alpha value is -2.10. The van der Waals surface area contributed by atoms with Crippen LogP contribution in [0.25, 0.3) is 22.0 Å². The maximum absolute atomic E-state index is 11.3. The Balaban J connectivity index is 2.36. The van der Waals surface area contributed by atoms with Crippen molar-refractivity contribution >= 4 is 46.1 Å². The summed E-state index contributed by atoms with van der Waals surface area (Å²) in [6.45, 7) is 0. The molecular weight excluding hydrogens is 331 g/mol. The first kappa shape index (κ1) is 15.8. The molecule has 0 bridgehead atoms. The van der Waals surface area contributed by atoms with Gasteiger partial charge in [-0.3, -0.25) is 9.78 Å². The van der Waals surface area contributed by atoms with Crippen molar-refractivity contribution in [3.63, 3.8) is 0 Å². The first-order valence-corrected chi connectivity index (χ1v) is 7.77. The van der Waals surface area contributed by atoms with Crippen molar-refractivity contribution in [2.24, 2.45) is 0 Å². The SMILES string of the molecule is CN(C)c1c(C=O)cnc2c(-c3cc(Cl)cc(Cl)c3)cccc12. The predicted octanol–water partition coefficient (Wildman–Crippen LogP) is 5.09. The van der Waals surface area contributed by atoms with E-state index in [9.17, 15) is 4.79 Å². The fourth-order valence-electron chi connectivity index (χ4n) is 2.75. The van der Waals surface area contributed by atoms with Gasteiger partial charge in [0.1, 0.15) is 0 Å². The summed E-state index contributed by atoms with van der Waals surface area (Å²) in [5.74, 6) is 0. The first-order chi connectivity index (χ1) is 11.0. The van der Waals surface area contributed by atoms with Crippen LogP contribution in [0.15, 0.2) is 42.6 Å². The third-order valence-electron chi connectivity index (χ3n) is 3.65. The second-order valence-corrected chi connectivity index (χ2v) is 6.31. The van der Waals surface area contributed by atoms with Crippen molar-refractivity contribution in [1.82, 2.24) is 4.98 Å². The molecule has 0 amide bonds. The maximum Gasteiger partial charge on any atom is 0.153 e. The fraction of sp³-hybridized carbons (Fsp3) is 0.111. The smallest absolute Gasteiger partial charge is 0.153 e. The lowest BCUT2D eigenvalue weighted by Gasteiger charge is -2.18. The molecule has 3 nitrogen and oxygen atoms in total. The number of rotatable bonds is 3. The Morgan fingerprint density at radius 2 is 1.78 bits per heavy atom. The van der Waals surface area contributed by atoms with Crippen LogP contribution in [0.2, 0.25) is 10.0 Å². The summed E-state index contributed by atoms with van der Waals surface area (Å²) < 4.78 is 0. The Bertz CT molecular complexity index is 887. The maximum atomic E-state index is 11.3. The van der Waals surface area contributed by atoms with Crippen LogP contribution in [-0.2, 0) is 0 Å². The molecule has 0 saturated carbocycles. The van der Waals surface area contributed by atoms with E-state index in [1.165, 1.54) is 0 Å². The molecule has 0 fully saturated rings. The molecule has 0 N–H and O–H groups in total. The summed E-state index contributed by atoms with van der Waals surface area (Å²) >= 11 is 12.2. The van der Waals surface area contributed by atoms with Gasteiger partial charge in [0.25, 0.3) is 0 Å². The molecule has 0 aliphatic carbocycles. The van der Waals surface area contributed by atoms with Crippen molar-refractivity contribution in [2.45, 2.75) is 0 Å². The average molecular weight is 345 g/mol. The number of aldehydes is 1. The molecule has 0 aliphatic heterocycles. The molecule has 1 heterocycles. The van der Waals surface area contributed by atoms with E-state index in [1.807, 2.05) is 49.3 Å². The Morgan fingerprint density at radius 1 is 1.09 bits per heavy atom. The van der Waals surface area contributed by atoms with Crippen LogP contribution < -0.4 is 4.90 Å². The first-order valence-electron chi connectivity index (χ1n) is 7.02. The van der Waals surface area contributed by atoms with Gasteiger partial charge in [-0.05, 0) is 23.8 Å². The highest BCUT2D eigenvalue weighted by Gasteiger charge is 2.14. The third-order valence-corrected chi connectivity index (χ3v) is 4.08. The van der Waals surface area contributed by atoms with Crippen LogP contribution in [0.4, 0.5) is 5.69 Å². The molecule has 1 aromatic heterocycles. The number of carbonyl (C=O) groups excluding carboxylic acids is 1. The van der Waals surface area contributed by atoms with Crippen molar-refractivity contribution in [3.05, 3.63) is 58.2 Å². The Morgan fingerprint density at radius 3 is 2.39 bits per heavy atom. The van der Waals surface area contributed by atoms with Gasteiger partial charge in [-0.15, -0.1) is 0 Å². The molecule has 23 heavy (non-hydrogen) atoms. The summed E-state index contributed by atoms with van der Waals surface area (Å²) in [6, 6.07) is 11.3. The number of carbonyl (C=O) groups is 1. The normalized spacial score (nSPS) is 10.8. The van der Waals surface area contributed by atoms with Crippen LogP contribution in [0, 0.1) is 0 Å². The second kappa shape index (κ2) is 6.19. The highest BCUT2D eigenvalue weighted by Crippen LogP contribution is 2.35. The number of benzene rings is 2. The molecule has 0 radical (unpaired) electrons. The minimum Gasteiger partial charge on any atom is -0.376 e. The van der Waals surface area contributed by atoms with Crippen LogP contribution in [0.5, 0.6) is 0 Å². The highest BCUT2D eigenvalue weighted by atomic mass is 35.5. The van der Waals surface area contributed by atoms with E-state index in [2.05, 4.69) is 4.98 Å². The molecule has 0 spiro atoms. The molecule has 3 rings (SSSR count). The van der Waals surface area contributed by atoms with Gasteiger partial charge < -0.3 is 4.90 Å². The van der Waals surface area contributed by atoms with Crippen LogP contribution in [0.1, 0.15) is 10.4 Å². The number of hydrogen-bond donors (Lipinski definition) is 0. The van der Waals surface area contributed by atoms with E-state index >= 15 is 0 Å². The minimum absolute atomic E-state index is 0.559. The topological polar surface area (TPSA) is 33.2 Å².